The highest BCUT2D eigenvalue weighted by Crippen LogP contribution is 2.38. The summed E-state index contributed by atoms with van der Waals surface area (Å²) in [6, 6.07) is 0.760. The van der Waals surface area contributed by atoms with E-state index >= 15 is 0 Å². The molecule has 3 heteroatoms. The molecule has 2 aliphatic rings. The van der Waals surface area contributed by atoms with Gasteiger partial charge in [0.25, 0.3) is 0 Å². The molecular weight excluding hydrogens is 246 g/mol. The fourth-order valence-electron chi connectivity index (χ4n) is 3.91. The topological polar surface area (TPSA) is 18.5 Å². The first-order chi connectivity index (χ1) is 9.46. The van der Waals surface area contributed by atoms with E-state index in [0.717, 1.165) is 12.0 Å². The van der Waals surface area contributed by atoms with Crippen molar-refractivity contribution in [1.82, 2.24) is 15.1 Å². The Morgan fingerprint density at radius 1 is 1.15 bits per heavy atom. The van der Waals surface area contributed by atoms with Crippen molar-refractivity contribution >= 4 is 0 Å². The van der Waals surface area contributed by atoms with Gasteiger partial charge in [0.05, 0.1) is 0 Å². The van der Waals surface area contributed by atoms with Crippen LogP contribution in [-0.4, -0.2) is 62.2 Å². The average Bonchev–Trinajstić information content (AvgIpc) is 2.38. The zero-order chi connectivity index (χ0) is 14.6. The lowest BCUT2D eigenvalue weighted by atomic mass is 9.70. The van der Waals surface area contributed by atoms with Crippen LogP contribution < -0.4 is 5.32 Å². The van der Waals surface area contributed by atoms with E-state index < -0.39 is 0 Å². The Bertz CT molecular complexity index is 282. The fraction of sp³-hybridized carbons (Fsp3) is 1.00. The van der Waals surface area contributed by atoms with Gasteiger partial charge in [-0.2, -0.15) is 0 Å². The molecule has 0 aromatic heterocycles. The average molecular weight is 281 g/mol. The lowest BCUT2D eigenvalue weighted by Gasteiger charge is -2.40. The van der Waals surface area contributed by atoms with Crippen molar-refractivity contribution in [2.45, 2.75) is 52.5 Å². The van der Waals surface area contributed by atoms with Gasteiger partial charge in [0, 0.05) is 32.2 Å². The highest BCUT2D eigenvalue weighted by molar-refractivity contribution is 4.86. The summed E-state index contributed by atoms with van der Waals surface area (Å²) in [6.07, 6.45) is 5.43. The van der Waals surface area contributed by atoms with Gasteiger partial charge >= 0.3 is 0 Å². The van der Waals surface area contributed by atoms with Gasteiger partial charge in [0.15, 0.2) is 0 Å². The molecule has 0 amide bonds. The van der Waals surface area contributed by atoms with Crippen LogP contribution >= 0.6 is 0 Å². The second-order valence-electron chi connectivity index (χ2n) is 7.94. The molecule has 1 saturated heterocycles. The van der Waals surface area contributed by atoms with Crippen molar-refractivity contribution in [3.05, 3.63) is 0 Å². The minimum atomic E-state index is 0.567. The number of hydrogen-bond donors (Lipinski definition) is 1. The van der Waals surface area contributed by atoms with E-state index in [1.165, 1.54) is 65.0 Å². The van der Waals surface area contributed by atoms with Crippen molar-refractivity contribution in [3.8, 4) is 0 Å². The molecule has 0 aromatic rings. The van der Waals surface area contributed by atoms with Crippen LogP contribution in [-0.2, 0) is 0 Å². The van der Waals surface area contributed by atoms with Crippen molar-refractivity contribution in [2.75, 3.05) is 46.3 Å². The van der Waals surface area contributed by atoms with E-state index in [4.69, 9.17) is 0 Å². The van der Waals surface area contributed by atoms with Gasteiger partial charge in [-0.25, -0.2) is 0 Å². The Balaban J connectivity index is 1.57. The summed E-state index contributed by atoms with van der Waals surface area (Å²) in [5, 5.41) is 3.82. The maximum absolute atomic E-state index is 3.82. The van der Waals surface area contributed by atoms with E-state index in [0.29, 0.717) is 5.41 Å². The summed E-state index contributed by atoms with van der Waals surface area (Å²) in [6.45, 7) is 14.7. The highest BCUT2D eigenvalue weighted by Gasteiger charge is 2.31. The Labute approximate surface area is 126 Å². The summed E-state index contributed by atoms with van der Waals surface area (Å²) >= 11 is 0. The van der Waals surface area contributed by atoms with E-state index in [1.54, 1.807) is 0 Å². The Hall–Kier alpha value is -0.120. The standard InChI is InChI=1S/C17H35N3/c1-15-14-17(2,3)7-6-16(15)18-8-5-9-20-12-10-19(4)11-13-20/h15-16,18H,5-14H2,1-4H3. The SMILES string of the molecule is CC1CC(C)(C)CCC1NCCCN1CCN(C)CC1. The number of likely N-dealkylation sites (N-methyl/N-ethyl adjacent to an activating group) is 1. The Morgan fingerprint density at radius 2 is 1.85 bits per heavy atom. The third-order valence-corrected chi connectivity index (χ3v) is 5.35. The van der Waals surface area contributed by atoms with Crippen LogP contribution in [0.15, 0.2) is 0 Å². The van der Waals surface area contributed by atoms with Crippen molar-refractivity contribution in [1.29, 1.82) is 0 Å². The monoisotopic (exact) mass is 281 g/mol. The molecule has 1 aliphatic heterocycles. The van der Waals surface area contributed by atoms with Gasteiger partial charge in [-0.05, 0) is 57.2 Å². The fourth-order valence-corrected chi connectivity index (χ4v) is 3.91. The maximum atomic E-state index is 3.82. The molecule has 1 N–H and O–H groups in total. The molecule has 2 unspecified atom stereocenters. The van der Waals surface area contributed by atoms with Gasteiger partial charge in [-0.15, -0.1) is 0 Å². The molecule has 3 nitrogen and oxygen atoms in total. The van der Waals surface area contributed by atoms with Crippen LogP contribution in [0.1, 0.15) is 46.5 Å². The van der Waals surface area contributed by atoms with Gasteiger partial charge < -0.3 is 15.1 Å². The first-order valence-electron chi connectivity index (χ1n) is 8.60. The van der Waals surface area contributed by atoms with Crippen molar-refractivity contribution < 1.29 is 0 Å². The molecule has 2 atom stereocenters. The molecule has 1 heterocycles. The van der Waals surface area contributed by atoms with E-state index in [1.807, 2.05) is 0 Å². The lowest BCUT2D eigenvalue weighted by Crippen LogP contribution is -2.46. The number of hydrogen-bond acceptors (Lipinski definition) is 3. The zero-order valence-electron chi connectivity index (χ0n) is 14.1. The summed E-state index contributed by atoms with van der Waals surface area (Å²) in [5.41, 5.74) is 0.567. The van der Waals surface area contributed by atoms with Crippen LogP contribution in [0.4, 0.5) is 0 Å². The zero-order valence-corrected chi connectivity index (χ0v) is 14.1. The molecule has 2 rings (SSSR count). The number of rotatable bonds is 5. The van der Waals surface area contributed by atoms with Crippen LogP contribution in [0.2, 0.25) is 0 Å². The molecule has 0 bridgehead atoms. The van der Waals surface area contributed by atoms with Crippen molar-refractivity contribution in [2.24, 2.45) is 11.3 Å². The van der Waals surface area contributed by atoms with Gasteiger partial charge in [-0.1, -0.05) is 20.8 Å². The van der Waals surface area contributed by atoms with Gasteiger partial charge in [-0.3, -0.25) is 0 Å². The third-order valence-electron chi connectivity index (χ3n) is 5.35. The van der Waals surface area contributed by atoms with Crippen molar-refractivity contribution in [3.63, 3.8) is 0 Å². The Morgan fingerprint density at radius 3 is 2.50 bits per heavy atom. The van der Waals surface area contributed by atoms with E-state index in [9.17, 15) is 0 Å². The summed E-state index contributed by atoms with van der Waals surface area (Å²) < 4.78 is 0. The number of nitrogens with one attached hydrogen (secondary N) is 1. The molecular formula is C17H35N3. The van der Waals surface area contributed by atoms with Crippen LogP contribution in [0, 0.1) is 11.3 Å². The molecule has 1 aliphatic carbocycles. The first-order valence-corrected chi connectivity index (χ1v) is 8.60. The van der Waals surface area contributed by atoms with Crippen LogP contribution in [0.5, 0.6) is 0 Å². The third kappa shape index (κ3) is 5.01. The number of nitrogens with zero attached hydrogens (tertiary/aromatic N) is 2. The normalized spacial score (nSPS) is 32.4. The van der Waals surface area contributed by atoms with Crippen LogP contribution in [0.3, 0.4) is 0 Å². The molecule has 118 valence electrons. The summed E-state index contributed by atoms with van der Waals surface area (Å²) in [4.78, 5) is 5.05. The van der Waals surface area contributed by atoms with Gasteiger partial charge in [0.1, 0.15) is 0 Å². The Kier molecular flexibility index (Phi) is 5.88. The van der Waals surface area contributed by atoms with E-state index in [2.05, 4.69) is 42.9 Å². The molecule has 20 heavy (non-hydrogen) atoms. The predicted octanol–water partition coefficient (Wildman–Crippen LogP) is 2.43. The molecule has 0 aromatic carbocycles. The van der Waals surface area contributed by atoms with Crippen LogP contribution in [0.25, 0.3) is 0 Å². The van der Waals surface area contributed by atoms with Gasteiger partial charge in [0.2, 0.25) is 0 Å². The molecule has 0 spiro atoms. The molecule has 1 saturated carbocycles. The highest BCUT2D eigenvalue weighted by atomic mass is 15.2. The largest absolute Gasteiger partial charge is 0.314 e. The molecule has 0 radical (unpaired) electrons. The summed E-state index contributed by atoms with van der Waals surface area (Å²) in [7, 11) is 2.23. The quantitative estimate of drug-likeness (QED) is 0.781. The second-order valence-corrected chi connectivity index (χ2v) is 7.94. The predicted molar refractivity (Wildman–Crippen MR) is 87.1 cm³/mol. The smallest absolute Gasteiger partial charge is 0.0110 e. The van der Waals surface area contributed by atoms with E-state index in [-0.39, 0.29) is 0 Å². The molecule has 2 fully saturated rings. The minimum absolute atomic E-state index is 0.567. The lowest BCUT2D eigenvalue weighted by molar-refractivity contribution is 0.140. The second kappa shape index (κ2) is 7.24. The maximum Gasteiger partial charge on any atom is 0.0110 e. The number of piperazine rings is 1. The minimum Gasteiger partial charge on any atom is -0.314 e. The first kappa shape index (κ1) is 16.3. The summed E-state index contributed by atoms with van der Waals surface area (Å²) in [5.74, 6) is 0.836.